The van der Waals surface area contributed by atoms with Crippen molar-refractivity contribution in [3.05, 3.63) is 12.2 Å². The van der Waals surface area contributed by atoms with Gasteiger partial charge in [0.2, 0.25) is 0 Å². The molecule has 0 spiro atoms. The second-order valence-corrected chi connectivity index (χ2v) is 17.4. The first-order chi connectivity index (χ1) is 28.1. The zero-order valence-corrected chi connectivity index (χ0v) is 37.4. The van der Waals surface area contributed by atoms with E-state index in [4.69, 9.17) is 23.5 Å². The van der Waals surface area contributed by atoms with E-state index >= 15 is 0 Å². The van der Waals surface area contributed by atoms with Crippen LogP contribution < -0.4 is 0 Å². The second-order valence-electron chi connectivity index (χ2n) is 16.4. The van der Waals surface area contributed by atoms with E-state index < -0.39 is 59.8 Å². The van der Waals surface area contributed by atoms with E-state index in [1.807, 2.05) is 0 Å². The molecule has 6 unspecified atom stereocenters. The fraction of sp³-hybridized carbons (Fsp3) is 0.933. The lowest BCUT2D eigenvalue weighted by molar-refractivity contribution is -0.301. The van der Waals surface area contributed by atoms with Crippen LogP contribution in [0.15, 0.2) is 12.2 Å². The number of hydrogen-bond donors (Lipinski definition) is 4. The number of aliphatic hydroxyl groups excluding tert-OH is 3. The van der Waals surface area contributed by atoms with Crippen molar-refractivity contribution in [3.8, 4) is 0 Å². The number of allylic oxidation sites excluding steroid dienone is 2. The normalized spacial score (nSPS) is 20.6. The molecule has 1 aliphatic heterocycles. The molecule has 1 heterocycles. The first-order valence-corrected chi connectivity index (χ1v) is 24.8. The van der Waals surface area contributed by atoms with Gasteiger partial charge in [-0.1, -0.05) is 174 Å². The number of hydrogen-bond acceptors (Lipinski definition) is 11. The molecule has 1 rings (SSSR count). The summed E-state index contributed by atoms with van der Waals surface area (Å²) in [5, 5.41) is 30.7. The van der Waals surface area contributed by atoms with Crippen LogP contribution in [0.1, 0.15) is 206 Å². The van der Waals surface area contributed by atoms with Crippen LogP contribution in [0.2, 0.25) is 0 Å². The van der Waals surface area contributed by atoms with Gasteiger partial charge >= 0.3 is 16.4 Å². The topological polar surface area (TPSA) is 178 Å². The van der Waals surface area contributed by atoms with Crippen molar-refractivity contribution in [2.24, 2.45) is 0 Å². The van der Waals surface area contributed by atoms with Gasteiger partial charge in [-0.25, -0.2) is 4.18 Å². The van der Waals surface area contributed by atoms with Gasteiger partial charge in [0.05, 0.1) is 19.8 Å². The van der Waals surface area contributed by atoms with Gasteiger partial charge in [0, 0.05) is 13.0 Å². The number of unbranched alkanes of at least 4 members (excludes halogenated alkanes) is 26. The number of esters is 1. The van der Waals surface area contributed by atoms with E-state index in [0.29, 0.717) is 13.0 Å². The van der Waals surface area contributed by atoms with E-state index in [9.17, 15) is 28.5 Å². The molecule has 0 radical (unpaired) electrons. The summed E-state index contributed by atoms with van der Waals surface area (Å²) in [6, 6.07) is 0. The lowest BCUT2D eigenvalue weighted by Gasteiger charge is -2.41. The van der Waals surface area contributed by atoms with Crippen LogP contribution in [-0.4, -0.2) is 97.5 Å². The third-order valence-corrected chi connectivity index (χ3v) is 11.4. The zero-order chi connectivity index (χ0) is 42.5. The molecule has 0 aromatic heterocycles. The highest BCUT2D eigenvalue weighted by molar-refractivity contribution is 7.80. The molecular formula is C45H86O12S. The maximum atomic E-state index is 12.9. The predicted octanol–water partition coefficient (Wildman–Crippen LogP) is 9.86. The quantitative estimate of drug-likeness (QED) is 0.0198. The second kappa shape index (κ2) is 37.6. The maximum absolute atomic E-state index is 12.9. The highest BCUT2D eigenvalue weighted by Gasteiger charge is 2.48. The average molecular weight is 851 g/mol. The van der Waals surface area contributed by atoms with E-state index in [1.54, 1.807) is 0 Å². The van der Waals surface area contributed by atoms with Crippen molar-refractivity contribution in [2.75, 3.05) is 26.4 Å². The summed E-state index contributed by atoms with van der Waals surface area (Å²) in [5.74, 6) is -0.400. The van der Waals surface area contributed by atoms with Gasteiger partial charge in [-0.3, -0.25) is 9.35 Å². The van der Waals surface area contributed by atoms with E-state index in [2.05, 4.69) is 30.2 Å². The molecule has 12 nitrogen and oxygen atoms in total. The summed E-state index contributed by atoms with van der Waals surface area (Å²) >= 11 is 0. The third-order valence-electron chi connectivity index (χ3n) is 10.9. The van der Waals surface area contributed by atoms with E-state index in [1.165, 1.54) is 135 Å². The van der Waals surface area contributed by atoms with E-state index in [-0.39, 0.29) is 19.6 Å². The Morgan fingerprint density at radius 1 is 0.638 bits per heavy atom. The van der Waals surface area contributed by atoms with Crippen molar-refractivity contribution in [3.63, 3.8) is 0 Å². The Bertz CT molecular complexity index is 1070. The number of rotatable bonds is 41. The van der Waals surface area contributed by atoms with Gasteiger partial charge in [-0.05, 0) is 38.5 Å². The van der Waals surface area contributed by atoms with Crippen LogP contribution in [-0.2, 0) is 38.3 Å². The molecule has 6 atom stereocenters. The van der Waals surface area contributed by atoms with Gasteiger partial charge in [0.15, 0.2) is 6.29 Å². The van der Waals surface area contributed by atoms with Crippen LogP contribution in [0.5, 0.6) is 0 Å². The number of ether oxygens (including phenoxy) is 4. The molecule has 58 heavy (non-hydrogen) atoms. The van der Waals surface area contributed by atoms with Gasteiger partial charge in [-0.2, -0.15) is 8.42 Å². The highest BCUT2D eigenvalue weighted by Crippen LogP contribution is 2.26. The predicted molar refractivity (Wildman–Crippen MR) is 230 cm³/mol. The number of carbonyl (C=O) groups excluding carboxylic acids is 1. The molecular weight excluding hydrogens is 765 g/mol. The summed E-state index contributed by atoms with van der Waals surface area (Å²) in [6.45, 7) is 4.01. The monoisotopic (exact) mass is 851 g/mol. The molecule has 0 amide bonds. The Labute approximate surface area is 353 Å². The molecule has 0 aromatic carbocycles. The van der Waals surface area contributed by atoms with Crippen molar-refractivity contribution >= 4 is 16.4 Å². The SMILES string of the molecule is CCCCCCCCC/C=C\CCCCCCCCCC(=O)OC(COCCCCCCCCCCCCCCC)COC1OC(CO)C(O)C(OS(=O)(=O)O)C1O. The van der Waals surface area contributed by atoms with Crippen LogP contribution in [0.4, 0.5) is 0 Å². The molecule has 0 saturated carbocycles. The largest absolute Gasteiger partial charge is 0.457 e. The standard InChI is InChI=1S/C45H86O12S/c1-3-5-7-9-11-13-15-17-18-19-20-21-22-24-26-28-30-32-34-41(47)55-39(37-53-35-33-31-29-27-25-23-16-14-12-10-8-6-4-2)38-54-45-43(49)44(57-58(50,51)52)42(48)40(36-46)56-45/h18-19,39-40,42-46,48-49H,3-17,20-38H2,1-2H3,(H,50,51,52)/b19-18-. The summed E-state index contributed by atoms with van der Waals surface area (Å²) in [5.41, 5.74) is 0. The molecule has 0 aromatic rings. The average Bonchev–Trinajstić information content (AvgIpc) is 3.19. The third kappa shape index (κ3) is 30.8. The first kappa shape index (κ1) is 54.9. The van der Waals surface area contributed by atoms with Crippen molar-refractivity contribution < 1.29 is 56.2 Å². The van der Waals surface area contributed by atoms with Crippen molar-refractivity contribution in [1.29, 1.82) is 0 Å². The fourth-order valence-corrected chi connectivity index (χ4v) is 7.82. The van der Waals surface area contributed by atoms with Gasteiger partial charge in [0.1, 0.15) is 30.5 Å². The number of aliphatic hydroxyl groups is 3. The van der Waals surface area contributed by atoms with Crippen LogP contribution >= 0.6 is 0 Å². The minimum Gasteiger partial charge on any atom is -0.457 e. The van der Waals surface area contributed by atoms with Crippen LogP contribution in [0.25, 0.3) is 0 Å². The molecule has 1 saturated heterocycles. The van der Waals surface area contributed by atoms with Gasteiger partial charge in [-0.15, -0.1) is 0 Å². The lowest BCUT2D eigenvalue weighted by atomic mass is 9.99. The summed E-state index contributed by atoms with van der Waals surface area (Å²) in [6.07, 6.45) is 31.0. The highest BCUT2D eigenvalue weighted by atomic mass is 32.3. The minimum atomic E-state index is -5.06. The lowest BCUT2D eigenvalue weighted by Crippen LogP contribution is -2.60. The van der Waals surface area contributed by atoms with E-state index in [0.717, 1.165) is 44.9 Å². The molecule has 344 valence electrons. The summed E-state index contributed by atoms with van der Waals surface area (Å²) in [7, 11) is -5.06. The molecule has 13 heteroatoms. The smallest absolute Gasteiger partial charge is 0.397 e. The van der Waals surface area contributed by atoms with Crippen molar-refractivity contribution in [2.45, 2.75) is 243 Å². The fourth-order valence-electron chi connectivity index (χ4n) is 7.32. The zero-order valence-electron chi connectivity index (χ0n) is 36.6. The molecule has 0 aliphatic carbocycles. The molecule has 1 fully saturated rings. The van der Waals surface area contributed by atoms with Gasteiger partial charge in [0.25, 0.3) is 0 Å². The minimum absolute atomic E-state index is 0.0398. The Hall–Kier alpha value is -1.16. The van der Waals surface area contributed by atoms with Crippen LogP contribution in [0.3, 0.4) is 0 Å². The molecule has 4 N–H and O–H groups in total. The maximum Gasteiger partial charge on any atom is 0.397 e. The Kier molecular flexibility index (Phi) is 35.6. The summed E-state index contributed by atoms with van der Waals surface area (Å²) in [4.78, 5) is 12.9. The van der Waals surface area contributed by atoms with Crippen LogP contribution in [0, 0.1) is 0 Å². The molecule has 0 bridgehead atoms. The first-order valence-electron chi connectivity index (χ1n) is 23.4. The Morgan fingerprint density at radius 3 is 1.55 bits per heavy atom. The summed E-state index contributed by atoms with van der Waals surface area (Å²) < 4.78 is 59.1. The Balaban J connectivity index is 2.40. The van der Waals surface area contributed by atoms with Gasteiger partial charge < -0.3 is 34.3 Å². The van der Waals surface area contributed by atoms with Crippen molar-refractivity contribution in [1.82, 2.24) is 0 Å². The molecule has 1 aliphatic rings. The Morgan fingerprint density at radius 2 is 1.09 bits per heavy atom. The number of carbonyl (C=O) groups is 1.